The molecule has 26 heavy (non-hydrogen) atoms. The van der Waals surface area contributed by atoms with Crippen molar-refractivity contribution >= 4 is 44.9 Å². The third-order valence-corrected chi connectivity index (χ3v) is 4.44. The minimum absolute atomic E-state index is 0.0202. The summed E-state index contributed by atoms with van der Waals surface area (Å²) in [5.41, 5.74) is 0.121. The third-order valence-electron chi connectivity index (χ3n) is 3.77. The molecule has 136 valence electrons. The number of hydrogen-bond acceptors (Lipinski definition) is 4. The van der Waals surface area contributed by atoms with Gasteiger partial charge in [-0.25, -0.2) is 8.78 Å². The van der Waals surface area contributed by atoms with Crippen LogP contribution in [0.15, 0.2) is 41.3 Å². The first-order chi connectivity index (χ1) is 12.4. The van der Waals surface area contributed by atoms with Gasteiger partial charge in [0.15, 0.2) is 5.75 Å². The highest BCUT2D eigenvalue weighted by atomic mass is 127. The summed E-state index contributed by atoms with van der Waals surface area (Å²) < 4.78 is 35.8. The van der Waals surface area contributed by atoms with Crippen LogP contribution >= 0.6 is 22.6 Å². The Morgan fingerprint density at radius 2 is 2.00 bits per heavy atom. The van der Waals surface area contributed by atoms with E-state index in [4.69, 9.17) is 9.84 Å². The maximum absolute atomic E-state index is 14.2. The Balaban J connectivity index is 2.20. The van der Waals surface area contributed by atoms with Gasteiger partial charge in [-0.15, -0.1) is 0 Å². The van der Waals surface area contributed by atoms with Crippen LogP contribution in [0.3, 0.4) is 0 Å². The molecule has 0 unspecified atom stereocenters. The standard InChI is InChI=1S/C18H15F2IN2O3/c1-23-9-16(26-5-4-24)18(25)17-14(6-10(19)7-15(17)23)22-13-3-2-11(21)8-12(13)20/h2-3,6-9,22,24H,4-5H2,1H3. The number of hydrogen-bond donors (Lipinski definition) is 2. The number of fused-ring (bicyclic) bond motifs is 1. The Labute approximate surface area is 161 Å². The van der Waals surface area contributed by atoms with E-state index >= 15 is 0 Å². The molecule has 0 aliphatic heterocycles. The summed E-state index contributed by atoms with van der Waals surface area (Å²) >= 11 is 1.98. The van der Waals surface area contributed by atoms with Crippen LogP contribution in [0.25, 0.3) is 10.9 Å². The molecule has 2 aromatic carbocycles. The van der Waals surface area contributed by atoms with E-state index in [-0.39, 0.29) is 35.7 Å². The van der Waals surface area contributed by atoms with Crippen molar-refractivity contribution in [1.82, 2.24) is 4.57 Å². The third kappa shape index (κ3) is 3.65. The lowest BCUT2D eigenvalue weighted by Crippen LogP contribution is -2.15. The summed E-state index contributed by atoms with van der Waals surface area (Å²) in [7, 11) is 1.64. The molecule has 0 radical (unpaired) electrons. The van der Waals surface area contributed by atoms with Gasteiger partial charge < -0.3 is 19.7 Å². The second-order valence-corrected chi connectivity index (χ2v) is 6.85. The zero-order chi connectivity index (χ0) is 18.8. The largest absolute Gasteiger partial charge is 0.486 e. The van der Waals surface area contributed by atoms with E-state index in [2.05, 4.69) is 5.32 Å². The molecule has 8 heteroatoms. The van der Waals surface area contributed by atoms with Crippen molar-refractivity contribution in [3.05, 3.63) is 62.0 Å². The molecule has 0 atom stereocenters. The minimum atomic E-state index is -0.565. The highest BCUT2D eigenvalue weighted by Crippen LogP contribution is 2.29. The summed E-state index contributed by atoms with van der Waals surface area (Å²) in [6, 6.07) is 6.91. The smallest absolute Gasteiger partial charge is 0.233 e. The van der Waals surface area contributed by atoms with Gasteiger partial charge in [-0.3, -0.25) is 4.79 Å². The molecule has 0 aliphatic carbocycles. The van der Waals surface area contributed by atoms with Crippen molar-refractivity contribution < 1.29 is 18.6 Å². The van der Waals surface area contributed by atoms with Crippen LogP contribution in [-0.4, -0.2) is 22.9 Å². The molecular formula is C18H15F2IN2O3. The summed E-state index contributed by atoms with van der Waals surface area (Å²) in [4.78, 5) is 12.8. The maximum Gasteiger partial charge on any atom is 0.233 e. The molecular weight excluding hydrogens is 457 g/mol. The van der Waals surface area contributed by atoms with E-state index in [9.17, 15) is 13.6 Å². The molecule has 3 rings (SSSR count). The van der Waals surface area contributed by atoms with E-state index in [1.165, 1.54) is 24.4 Å². The molecule has 0 fully saturated rings. The van der Waals surface area contributed by atoms with Crippen molar-refractivity contribution in [3.8, 4) is 5.75 Å². The number of aryl methyl sites for hydroxylation is 1. The van der Waals surface area contributed by atoms with Gasteiger partial charge in [0.1, 0.15) is 18.2 Å². The van der Waals surface area contributed by atoms with Crippen molar-refractivity contribution in [1.29, 1.82) is 0 Å². The van der Waals surface area contributed by atoms with E-state index < -0.39 is 17.1 Å². The average molecular weight is 472 g/mol. The Hall–Kier alpha value is -2.20. The van der Waals surface area contributed by atoms with Crippen LogP contribution in [0.4, 0.5) is 20.2 Å². The molecule has 3 aromatic rings. The Kier molecular flexibility index (Phi) is 5.42. The molecule has 0 spiro atoms. The first kappa shape index (κ1) is 18.6. The van der Waals surface area contributed by atoms with E-state index in [1.54, 1.807) is 17.7 Å². The molecule has 1 heterocycles. The summed E-state index contributed by atoms with van der Waals surface area (Å²) in [5, 5.41) is 11.9. The van der Waals surface area contributed by atoms with Gasteiger partial charge in [-0.1, -0.05) is 0 Å². The lowest BCUT2D eigenvalue weighted by atomic mass is 10.1. The van der Waals surface area contributed by atoms with Gasteiger partial charge >= 0.3 is 0 Å². The fraction of sp³-hybridized carbons (Fsp3) is 0.167. The predicted molar refractivity (Wildman–Crippen MR) is 104 cm³/mol. The van der Waals surface area contributed by atoms with Gasteiger partial charge in [0, 0.05) is 10.6 Å². The van der Waals surface area contributed by atoms with Crippen molar-refractivity contribution in [2.45, 2.75) is 0 Å². The number of anilines is 2. The Bertz CT molecular complexity index is 1040. The first-order valence-electron chi connectivity index (χ1n) is 7.69. The van der Waals surface area contributed by atoms with Crippen LogP contribution in [0, 0.1) is 15.2 Å². The number of aromatic nitrogens is 1. The number of aliphatic hydroxyl groups excluding tert-OH is 1. The molecule has 0 aliphatic rings. The first-order valence-corrected chi connectivity index (χ1v) is 8.77. The molecule has 5 nitrogen and oxygen atoms in total. The maximum atomic E-state index is 14.2. The SMILES string of the molecule is Cn1cc(OCCO)c(=O)c2c(Nc3ccc(I)cc3F)cc(F)cc21. The number of pyridine rings is 1. The topological polar surface area (TPSA) is 63.5 Å². The van der Waals surface area contributed by atoms with Crippen LogP contribution < -0.4 is 15.5 Å². The average Bonchev–Trinajstić information content (AvgIpc) is 2.59. The summed E-state index contributed by atoms with van der Waals surface area (Å²) in [5.74, 6) is -1.06. The number of benzene rings is 2. The fourth-order valence-corrected chi connectivity index (χ4v) is 3.08. The van der Waals surface area contributed by atoms with Gasteiger partial charge in [0.2, 0.25) is 5.43 Å². The molecule has 0 saturated carbocycles. The summed E-state index contributed by atoms with van der Waals surface area (Å²) in [6.07, 6.45) is 1.43. The van der Waals surface area contributed by atoms with Crippen LogP contribution in [0.1, 0.15) is 0 Å². The number of halogens is 3. The normalized spacial score (nSPS) is 11.0. The monoisotopic (exact) mass is 472 g/mol. The quantitative estimate of drug-likeness (QED) is 0.558. The predicted octanol–water partition coefficient (Wildman–Crippen LogP) is 3.54. The number of nitrogens with one attached hydrogen (secondary N) is 1. The number of ether oxygens (including phenoxy) is 1. The van der Waals surface area contributed by atoms with Crippen LogP contribution in [0.5, 0.6) is 5.75 Å². The molecule has 0 saturated heterocycles. The highest BCUT2D eigenvalue weighted by molar-refractivity contribution is 14.1. The highest BCUT2D eigenvalue weighted by Gasteiger charge is 2.15. The van der Waals surface area contributed by atoms with Gasteiger partial charge in [0.25, 0.3) is 0 Å². The van der Waals surface area contributed by atoms with Crippen LogP contribution in [-0.2, 0) is 7.05 Å². The number of aliphatic hydroxyl groups is 1. The van der Waals surface area contributed by atoms with E-state index in [0.29, 0.717) is 9.09 Å². The molecule has 0 bridgehead atoms. The van der Waals surface area contributed by atoms with Gasteiger partial charge in [0.05, 0.1) is 35.1 Å². The van der Waals surface area contributed by atoms with E-state index in [0.717, 1.165) is 6.07 Å². The second-order valence-electron chi connectivity index (χ2n) is 5.60. The lowest BCUT2D eigenvalue weighted by Gasteiger charge is -2.15. The zero-order valence-electron chi connectivity index (χ0n) is 13.7. The number of nitrogens with zero attached hydrogens (tertiary/aromatic N) is 1. The number of rotatable bonds is 5. The van der Waals surface area contributed by atoms with Crippen molar-refractivity contribution in [2.24, 2.45) is 7.05 Å². The van der Waals surface area contributed by atoms with E-state index in [1.807, 2.05) is 22.6 Å². The summed E-state index contributed by atoms with van der Waals surface area (Å²) in [6.45, 7) is -0.292. The Morgan fingerprint density at radius 1 is 1.23 bits per heavy atom. The Morgan fingerprint density at radius 3 is 2.69 bits per heavy atom. The van der Waals surface area contributed by atoms with Crippen molar-refractivity contribution in [3.63, 3.8) is 0 Å². The second kappa shape index (κ2) is 7.58. The molecule has 1 aromatic heterocycles. The fourth-order valence-electron chi connectivity index (χ4n) is 2.63. The molecule has 2 N–H and O–H groups in total. The lowest BCUT2D eigenvalue weighted by molar-refractivity contribution is 0.200. The van der Waals surface area contributed by atoms with Gasteiger partial charge in [-0.2, -0.15) is 0 Å². The van der Waals surface area contributed by atoms with Gasteiger partial charge in [-0.05, 0) is 52.9 Å². The zero-order valence-corrected chi connectivity index (χ0v) is 15.9. The van der Waals surface area contributed by atoms with Crippen molar-refractivity contribution in [2.75, 3.05) is 18.5 Å². The minimum Gasteiger partial charge on any atom is -0.486 e. The molecule has 0 amide bonds. The van der Waals surface area contributed by atoms with Crippen LogP contribution in [0.2, 0.25) is 0 Å².